The summed E-state index contributed by atoms with van der Waals surface area (Å²) in [5.41, 5.74) is 5.17. The zero-order valence-electron chi connectivity index (χ0n) is 24.9. The number of rotatable bonds is 10. The van der Waals surface area contributed by atoms with Crippen molar-refractivity contribution < 1.29 is 11.0 Å². The van der Waals surface area contributed by atoms with E-state index < -0.39 is 0 Å². The molecule has 222 valence electrons. The molecule has 0 bridgehead atoms. The fourth-order valence-corrected chi connectivity index (χ4v) is 5.87. The van der Waals surface area contributed by atoms with Crippen LogP contribution in [-0.2, 0) is 4.74 Å². The van der Waals surface area contributed by atoms with Crippen LogP contribution in [0.25, 0.3) is 0 Å². The van der Waals surface area contributed by atoms with Crippen LogP contribution in [0.1, 0.15) is 50.7 Å². The number of ether oxygens (including phenoxy) is 1. The first-order valence-electron chi connectivity index (χ1n) is 14.9. The van der Waals surface area contributed by atoms with E-state index >= 15 is 0 Å². The van der Waals surface area contributed by atoms with Gasteiger partial charge in [0.15, 0.2) is 0 Å². The molecule has 5 rings (SSSR count). The normalized spacial score (nSPS) is 19.0. The molecular formula is C34H44N6O2. The molecule has 2 atom stereocenters. The highest BCUT2D eigenvalue weighted by Crippen LogP contribution is 2.28. The molecule has 8 heteroatoms. The second-order valence-electron chi connectivity index (χ2n) is 11.2. The number of carbonyl (C=O) groups excluding carboxylic acids is 1. The third kappa shape index (κ3) is 8.05. The maximum absolute atomic E-state index is 13.9. The van der Waals surface area contributed by atoms with Gasteiger partial charge in [-0.25, -0.2) is 4.79 Å². The smallest absolute Gasteiger partial charge is 0.321 e. The van der Waals surface area contributed by atoms with Gasteiger partial charge in [-0.1, -0.05) is 72.8 Å². The summed E-state index contributed by atoms with van der Waals surface area (Å²) < 4.78 is 5.94. The van der Waals surface area contributed by atoms with Crippen LogP contribution in [0, 0.1) is 0 Å². The van der Waals surface area contributed by atoms with E-state index in [1.165, 1.54) is 11.1 Å². The molecule has 2 heterocycles. The summed E-state index contributed by atoms with van der Waals surface area (Å²) in [6, 6.07) is 29.0. The molecule has 0 aliphatic carbocycles. The number of anilines is 1. The van der Waals surface area contributed by atoms with Gasteiger partial charge in [0.1, 0.15) is 0 Å². The minimum atomic E-state index is -0.0920. The molecule has 2 aliphatic heterocycles. The van der Waals surface area contributed by atoms with Gasteiger partial charge >= 0.3 is 6.03 Å². The molecule has 1 fully saturated rings. The molecule has 1 N–H and O–H groups in total. The third-order valence-electron chi connectivity index (χ3n) is 7.81. The van der Waals surface area contributed by atoms with Crippen LogP contribution in [0.5, 0.6) is 0 Å². The molecule has 8 nitrogen and oxygen atoms in total. The molecule has 0 aromatic heterocycles. The lowest BCUT2D eigenvalue weighted by Crippen LogP contribution is -2.49. The number of hydrogen-bond acceptors (Lipinski definition) is 6. The summed E-state index contributed by atoms with van der Waals surface area (Å²) in [6.07, 6.45) is 3.69. The van der Waals surface area contributed by atoms with Gasteiger partial charge in [-0.15, -0.1) is 0 Å². The Kier molecular flexibility index (Phi) is 10.0. The van der Waals surface area contributed by atoms with Crippen molar-refractivity contribution >= 4 is 23.6 Å². The van der Waals surface area contributed by atoms with Crippen LogP contribution in [0.3, 0.4) is 0 Å². The van der Waals surface area contributed by atoms with Crippen molar-refractivity contribution in [2.24, 2.45) is 10.2 Å². The minimum absolute atomic E-state index is 0. The fourth-order valence-electron chi connectivity index (χ4n) is 5.87. The number of amides is 2. The molecular weight excluding hydrogens is 524 g/mol. The van der Waals surface area contributed by atoms with Crippen LogP contribution in [-0.4, -0.2) is 84.9 Å². The quantitative estimate of drug-likeness (QED) is 0.320. The van der Waals surface area contributed by atoms with E-state index in [1.807, 2.05) is 54.6 Å². The Labute approximate surface area is 251 Å². The van der Waals surface area contributed by atoms with Gasteiger partial charge in [0.05, 0.1) is 17.9 Å². The lowest BCUT2D eigenvalue weighted by molar-refractivity contribution is -0.0686. The second-order valence-corrected chi connectivity index (χ2v) is 11.2. The molecule has 2 unspecified atom stereocenters. The average molecular weight is 569 g/mol. The Morgan fingerprint density at radius 1 is 0.976 bits per heavy atom. The van der Waals surface area contributed by atoms with E-state index in [9.17, 15) is 4.79 Å². The number of nitrogens with zero attached hydrogens (tertiary/aromatic N) is 5. The molecule has 3 aromatic carbocycles. The van der Waals surface area contributed by atoms with Crippen molar-refractivity contribution in [2.75, 3.05) is 45.1 Å². The number of hydrogen-bond donors (Lipinski definition) is 1. The lowest BCUT2D eigenvalue weighted by Gasteiger charge is -2.36. The topological polar surface area (TPSA) is 72.8 Å². The van der Waals surface area contributed by atoms with Crippen LogP contribution in [0.15, 0.2) is 95.1 Å². The fraction of sp³-hybridized carbons (Fsp3) is 0.382. The first-order valence-corrected chi connectivity index (χ1v) is 14.9. The van der Waals surface area contributed by atoms with E-state index in [0.717, 1.165) is 43.0 Å². The number of morpholine rings is 1. The molecule has 3 aromatic rings. The molecule has 1 saturated heterocycles. The van der Waals surface area contributed by atoms with Crippen molar-refractivity contribution in [1.29, 1.82) is 0 Å². The predicted octanol–water partition coefficient (Wildman–Crippen LogP) is 6.12. The average Bonchev–Trinajstić information content (AvgIpc) is 2.99. The number of urea groups is 1. The molecule has 2 aliphatic rings. The second kappa shape index (κ2) is 14.2. The lowest BCUT2D eigenvalue weighted by atomic mass is 9.88. The van der Waals surface area contributed by atoms with E-state index in [-0.39, 0.29) is 25.6 Å². The largest absolute Gasteiger partial charge is 0.373 e. The Morgan fingerprint density at radius 3 is 2.29 bits per heavy atom. The van der Waals surface area contributed by atoms with Crippen LogP contribution in [0.2, 0.25) is 0 Å². The predicted molar refractivity (Wildman–Crippen MR) is 172 cm³/mol. The maximum Gasteiger partial charge on any atom is 0.321 e. The van der Waals surface area contributed by atoms with E-state index in [2.05, 4.69) is 82.8 Å². The highest BCUT2D eigenvalue weighted by atomic mass is 16.5. The Balaban J connectivity index is 0.00000423. The van der Waals surface area contributed by atoms with Gasteiger partial charge in [-0.05, 0) is 43.5 Å². The van der Waals surface area contributed by atoms with Gasteiger partial charge in [0, 0.05) is 71.0 Å². The van der Waals surface area contributed by atoms with Crippen LogP contribution in [0.4, 0.5) is 10.5 Å². The van der Waals surface area contributed by atoms with Gasteiger partial charge in [-0.2, -0.15) is 15.3 Å². The summed E-state index contributed by atoms with van der Waals surface area (Å²) in [7, 11) is 1.81. The summed E-state index contributed by atoms with van der Waals surface area (Å²) in [6.45, 7) is 8.04. The Hall–Kier alpha value is -4.01. The van der Waals surface area contributed by atoms with Crippen molar-refractivity contribution in [3.05, 3.63) is 102 Å². The summed E-state index contributed by atoms with van der Waals surface area (Å²) in [4.78, 5) is 18.2. The first kappa shape index (κ1) is 29.5. The molecule has 0 saturated carbocycles. The zero-order valence-corrected chi connectivity index (χ0v) is 24.9. The van der Waals surface area contributed by atoms with Crippen LogP contribution >= 0.6 is 0 Å². The standard InChI is InChI=1S/C34H42N6O2.H2/c1-26-24-39(25-27(2)42-26)21-22-40(20-18-32(28-11-6-4-7-12-28)29-13-8-5-9-14-29)34(41)36-31-16-10-15-30(23-31)33-17-19-35-38(3)37-33;/h4-16,19,23,26-27,32H,17-18,20-22,24-25H2,1-3H3,(H,36,41);1H. The maximum atomic E-state index is 13.9. The van der Waals surface area contributed by atoms with Crippen molar-refractivity contribution in [3.8, 4) is 0 Å². The zero-order chi connectivity index (χ0) is 29.3. The molecule has 0 radical (unpaired) electrons. The molecule has 2 amide bonds. The number of hydrazone groups is 2. The summed E-state index contributed by atoms with van der Waals surface area (Å²) in [5.74, 6) is 0.192. The summed E-state index contributed by atoms with van der Waals surface area (Å²) >= 11 is 0. The van der Waals surface area contributed by atoms with Crippen molar-refractivity contribution in [1.82, 2.24) is 14.9 Å². The Bertz CT molecular complexity index is 1320. The Morgan fingerprint density at radius 2 is 1.64 bits per heavy atom. The first-order chi connectivity index (χ1) is 20.4. The number of benzene rings is 3. The SMILES string of the molecule is CC1CN(CCN(CCC(c2ccccc2)c2ccccc2)C(=O)Nc2cccc(C3=NN(C)N=CC3)c2)CC(C)O1.[HH]. The van der Waals surface area contributed by atoms with Crippen molar-refractivity contribution in [2.45, 2.75) is 44.8 Å². The van der Waals surface area contributed by atoms with Crippen LogP contribution < -0.4 is 5.32 Å². The summed E-state index contributed by atoms with van der Waals surface area (Å²) in [5, 5.41) is 13.4. The minimum Gasteiger partial charge on any atom is -0.373 e. The monoisotopic (exact) mass is 568 g/mol. The van der Waals surface area contributed by atoms with E-state index in [0.29, 0.717) is 19.5 Å². The highest BCUT2D eigenvalue weighted by molar-refractivity contribution is 6.08. The third-order valence-corrected chi connectivity index (χ3v) is 7.81. The molecule has 0 spiro atoms. The van der Waals surface area contributed by atoms with Gasteiger partial charge in [0.25, 0.3) is 0 Å². The van der Waals surface area contributed by atoms with Gasteiger partial charge < -0.3 is 15.0 Å². The molecule has 42 heavy (non-hydrogen) atoms. The van der Waals surface area contributed by atoms with Crippen molar-refractivity contribution in [3.63, 3.8) is 0 Å². The van der Waals surface area contributed by atoms with Gasteiger partial charge in [0.2, 0.25) is 0 Å². The number of carbonyl (C=O) groups is 1. The van der Waals surface area contributed by atoms with Gasteiger partial charge in [-0.3, -0.25) is 4.90 Å². The van der Waals surface area contributed by atoms with E-state index in [1.54, 1.807) is 5.12 Å². The van der Waals surface area contributed by atoms with E-state index in [4.69, 9.17) is 4.74 Å². The number of nitrogens with one attached hydrogen (secondary N) is 1. The highest BCUT2D eigenvalue weighted by Gasteiger charge is 2.24.